The monoisotopic (exact) mass is 500 g/mol. The number of sulfonamides is 1. The summed E-state index contributed by atoms with van der Waals surface area (Å²) in [6.45, 7) is 0. The van der Waals surface area contributed by atoms with Crippen LogP contribution in [0.2, 0.25) is 10.0 Å². The number of benzene rings is 3. The second-order valence-corrected chi connectivity index (χ2v) is 10.8. The zero-order valence-corrected chi connectivity index (χ0v) is 20.1. The molecule has 5 rings (SSSR count). The van der Waals surface area contributed by atoms with E-state index in [4.69, 9.17) is 27.9 Å². The van der Waals surface area contributed by atoms with E-state index in [1.54, 1.807) is 24.3 Å². The smallest absolute Gasteiger partial charge is 0.262 e. The van der Waals surface area contributed by atoms with Crippen molar-refractivity contribution in [3.63, 3.8) is 0 Å². The second-order valence-electron chi connectivity index (χ2n) is 8.23. The Labute approximate surface area is 203 Å². The predicted molar refractivity (Wildman–Crippen MR) is 133 cm³/mol. The molecule has 2 aliphatic rings. The minimum Gasteiger partial charge on any atom is -0.495 e. The molecule has 1 aliphatic carbocycles. The lowest BCUT2D eigenvalue weighted by Gasteiger charge is -2.37. The highest BCUT2D eigenvalue weighted by Crippen LogP contribution is 2.50. The molecule has 3 atom stereocenters. The van der Waals surface area contributed by atoms with Gasteiger partial charge < -0.3 is 10.1 Å². The summed E-state index contributed by atoms with van der Waals surface area (Å²) >= 11 is 12.1. The molecule has 2 N–H and O–H groups in total. The molecule has 0 saturated carbocycles. The van der Waals surface area contributed by atoms with Gasteiger partial charge in [0.1, 0.15) is 5.75 Å². The molecule has 0 fully saturated rings. The van der Waals surface area contributed by atoms with Gasteiger partial charge in [-0.25, -0.2) is 8.42 Å². The zero-order chi connectivity index (χ0) is 23.2. The van der Waals surface area contributed by atoms with Gasteiger partial charge >= 0.3 is 0 Å². The number of ether oxygens (including phenoxy) is 1. The minimum absolute atomic E-state index is 0.117. The van der Waals surface area contributed by atoms with Gasteiger partial charge in [-0.1, -0.05) is 47.5 Å². The highest BCUT2D eigenvalue weighted by molar-refractivity contribution is 7.92. The molecule has 0 aromatic heterocycles. The number of hydrogen-bond donors (Lipinski definition) is 2. The summed E-state index contributed by atoms with van der Waals surface area (Å²) in [6, 6.07) is 18.0. The number of fused-ring (bicyclic) bond motifs is 3. The predicted octanol–water partition coefficient (Wildman–Crippen LogP) is 6.63. The molecule has 0 saturated heterocycles. The molecule has 3 aromatic carbocycles. The third kappa shape index (κ3) is 4.19. The van der Waals surface area contributed by atoms with Crippen molar-refractivity contribution in [1.82, 2.24) is 0 Å². The first-order chi connectivity index (χ1) is 15.9. The van der Waals surface area contributed by atoms with Crippen molar-refractivity contribution in [1.29, 1.82) is 0 Å². The van der Waals surface area contributed by atoms with Crippen LogP contribution in [0.15, 0.2) is 77.7 Å². The third-order valence-corrected chi connectivity index (χ3v) is 8.13. The fourth-order valence-electron chi connectivity index (χ4n) is 4.70. The van der Waals surface area contributed by atoms with E-state index in [1.807, 2.05) is 30.3 Å². The lowest BCUT2D eigenvalue weighted by atomic mass is 9.77. The standard InChI is InChI=1S/C25H22Cl2N2O3S/c1-32-24-12-9-17(27)13-23(24)29-33(30,31)18-10-11-22-21(14-18)19-3-2-4-20(19)25(28-22)15-5-7-16(26)8-6-15/h2-3,5-14,19-20,25,28-29H,4H2,1H3/t19-,20+,25+/m0/s1. The van der Waals surface area contributed by atoms with Gasteiger partial charge in [-0.3, -0.25) is 4.72 Å². The number of allylic oxidation sites excluding steroid dienone is 2. The summed E-state index contributed by atoms with van der Waals surface area (Å²) in [7, 11) is -2.37. The van der Waals surface area contributed by atoms with Crippen molar-refractivity contribution in [3.05, 3.63) is 94.0 Å². The van der Waals surface area contributed by atoms with Crippen molar-refractivity contribution < 1.29 is 13.2 Å². The Hall–Kier alpha value is -2.67. The second kappa shape index (κ2) is 8.60. The summed E-state index contributed by atoms with van der Waals surface area (Å²) in [5.74, 6) is 0.808. The van der Waals surface area contributed by atoms with Gasteiger partial charge in [0.2, 0.25) is 0 Å². The molecule has 0 unspecified atom stereocenters. The Kier molecular flexibility index (Phi) is 5.77. The van der Waals surface area contributed by atoms with E-state index in [1.165, 1.54) is 13.2 Å². The molecule has 8 heteroatoms. The minimum atomic E-state index is -3.85. The Bertz CT molecular complexity index is 1340. The summed E-state index contributed by atoms with van der Waals surface area (Å²) in [5, 5.41) is 4.74. The van der Waals surface area contributed by atoms with E-state index in [0.29, 0.717) is 21.5 Å². The largest absolute Gasteiger partial charge is 0.495 e. The van der Waals surface area contributed by atoms with Crippen molar-refractivity contribution >= 4 is 44.6 Å². The molecule has 1 heterocycles. The van der Waals surface area contributed by atoms with Gasteiger partial charge in [-0.05, 0) is 72.0 Å². The van der Waals surface area contributed by atoms with Crippen molar-refractivity contribution in [2.45, 2.75) is 23.3 Å². The lowest BCUT2D eigenvalue weighted by Crippen LogP contribution is -2.29. The fourth-order valence-corrected chi connectivity index (χ4v) is 6.10. The maximum Gasteiger partial charge on any atom is 0.262 e. The summed E-state index contributed by atoms with van der Waals surface area (Å²) in [4.78, 5) is 0.189. The van der Waals surface area contributed by atoms with Crippen LogP contribution in [0, 0.1) is 5.92 Å². The van der Waals surface area contributed by atoms with E-state index in [-0.39, 0.29) is 22.8 Å². The van der Waals surface area contributed by atoms with E-state index in [9.17, 15) is 8.42 Å². The van der Waals surface area contributed by atoms with Crippen molar-refractivity contribution in [2.24, 2.45) is 5.92 Å². The molecule has 5 nitrogen and oxygen atoms in total. The topological polar surface area (TPSA) is 67.4 Å². The van der Waals surface area contributed by atoms with Crippen molar-refractivity contribution in [3.8, 4) is 5.75 Å². The summed E-state index contributed by atoms with van der Waals surface area (Å²) < 4.78 is 34.3. The first kappa shape index (κ1) is 22.1. The molecule has 3 aromatic rings. The van der Waals surface area contributed by atoms with Gasteiger partial charge in [0.25, 0.3) is 10.0 Å². The Morgan fingerprint density at radius 1 is 1.00 bits per heavy atom. The number of rotatable bonds is 5. The maximum absolute atomic E-state index is 13.2. The van der Waals surface area contributed by atoms with Crippen LogP contribution in [-0.4, -0.2) is 15.5 Å². The molecule has 0 spiro atoms. The fraction of sp³-hybridized carbons (Fsp3) is 0.200. The van der Waals surface area contributed by atoms with E-state index in [2.05, 4.69) is 22.2 Å². The number of anilines is 2. The lowest BCUT2D eigenvalue weighted by molar-refractivity contribution is 0.417. The quantitative estimate of drug-likeness (QED) is 0.385. The van der Waals surface area contributed by atoms with Crippen LogP contribution in [0.4, 0.5) is 11.4 Å². The van der Waals surface area contributed by atoms with E-state index in [0.717, 1.165) is 23.2 Å². The summed E-state index contributed by atoms with van der Waals surface area (Å²) in [6.07, 6.45) is 5.27. The van der Waals surface area contributed by atoms with Crippen LogP contribution in [-0.2, 0) is 10.0 Å². The van der Waals surface area contributed by atoms with Crippen LogP contribution in [0.25, 0.3) is 0 Å². The van der Waals surface area contributed by atoms with Gasteiger partial charge in [-0.15, -0.1) is 0 Å². The average Bonchev–Trinajstić information content (AvgIpc) is 3.29. The molecule has 33 heavy (non-hydrogen) atoms. The molecule has 0 amide bonds. The highest BCUT2D eigenvalue weighted by atomic mass is 35.5. The van der Waals surface area contributed by atoms with E-state index < -0.39 is 10.0 Å². The van der Waals surface area contributed by atoms with Crippen LogP contribution >= 0.6 is 23.2 Å². The first-order valence-corrected chi connectivity index (χ1v) is 12.8. The van der Waals surface area contributed by atoms with Crippen LogP contribution in [0.5, 0.6) is 5.75 Å². The maximum atomic E-state index is 13.2. The third-order valence-electron chi connectivity index (χ3n) is 6.28. The molecule has 170 valence electrons. The molecule has 1 aliphatic heterocycles. The zero-order valence-electron chi connectivity index (χ0n) is 17.8. The van der Waals surface area contributed by atoms with Gasteiger partial charge in [-0.2, -0.15) is 0 Å². The normalized spacial score (nSPS) is 21.1. The van der Waals surface area contributed by atoms with Crippen LogP contribution in [0.1, 0.15) is 29.5 Å². The van der Waals surface area contributed by atoms with Gasteiger partial charge in [0, 0.05) is 21.7 Å². The number of nitrogens with one attached hydrogen (secondary N) is 2. The molecular weight excluding hydrogens is 479 g/mol. The Morgan fingerprint density at radius 2 is 1.76 bits per heavy atom. The van der Waals surface area contributed by atoms with Crippen LogP contribution in [0.3, 0.4) is 0 Å². The molecule has 0 bridgehead atoms. The van der Waals surface area contributed by atoms with Gasteiger partial charge in [0.05, 0.1) is 23.7 Å². The highest BCUT2D eigenvalue weighted by Gasteiger charge is 2.38. The van der Waals surface area contributed by atoms with Gasteiger partial charge in [0.15, 0.2) is 0 Å². The van der Waals surface area contributed by atoms with Crippen LogP contribution < -0.4 is 14.8 Å². The van der Waals surface area contributed by atoms with Crippen molar-refractivity contribution in [2.75, 3.05) is 17.1 Å². The summed E-state index contributed by atoms with van der Waals surface area (Å²) in [5.41, 5.74) is 3.36. The Balaban J connectivity index is 1.49. The molecular formula is C25H22Cl2N2O3S. The Morgan fingerprint density at radius 3 is 2.52 bits per heavy atom. The number of methoxy groups -OCH3 is 1. The average molecular weight is 501 g/mol. The molecule has 0 radical (unpaired) electrons. The number of hydrogen-bond acceptors (Lipinski definition) is 4. The number of halogens is 2. The van der Waals surface area contributed by atoms with E-state index >= 15 is 0 Å². The SMILES string of the molecule is COc1ccc(Cl)cc1NS(=O)(=O)c1ccc2c(c1)[C@H]1C=CC[C@H]1[C@@H](c1ccc(Cl)cc1)N2. The first-order valence-electron chi connectivity index (χ1n) is 10.5.